The van der Waals surface area contributed by atoms with E-state index in [1.807, 2.05) is 36.0 Å². The third-order valence-corrected chi connectivity index (χ3v) is 3.78. The smallest absolute Gasteiger partial charge is 0.159 e. The lowest BCUT2D eigenvalue weighted by Crippen LogP contribution is -2.00. The molecule has 0 aliphatic heterocycles. The topological polar surface area (TPSA) is 59.4 Å². The van der Waals surface area contributed by atoms with Crippen molar-refractivity contribution in [3.8, 4) is 17.6 Å². The first-order valence-electron chi connectivity index (χ1n) is 6.66. The van der Waals surface area contributed by atoms with Crippen LogP contribution in [0.15, 0.2) is 30.7 Å². The molecule has 0 radical (unpaired) electrons. The molecule has 0 atom stereocenters. The van der Waals surface area contributed by atoms with E-state index in [2.05, 4.69) is 15.6 Å². The molecule has 0 unspecified atom stereocenters. The summed E-state index contributed by atoms with van der Waals surface area (Å²) < 4.78 is 4.26. The second-order valence-electron chi connectivity index (χ2n) is 5.24. The van der Waals surface area contributed by atoms with Gasteiger partial charge in [0.2, 0.25) is 0 Å². The third kappa shape index (κ3) is 1.55. The van der Waals surface area contributed by atoms with Crippen molar-refractivity contribution in [2.45, 2.75) is 18.9 Å². The van der Waals surface area contributed by atoms with Gasteiger partial charge in [0, 0.05) is 13.1 Å². The molecule has 0 saturated heterocycles. The molecule has 1 aromatic carbocycles. The van der Waals surface area contributed by atoms with E-state index in [-0.39, 0.29) is 0 Å². The minimum atomic E-state index is 0.526. The lowest BCUT2D eigenvalue weighted by atomic mass is 10.2. The molecule has 5 heteroatoms. The molecule has 3 aromatic rings. The molecule has 2 aromatic heterocycles. The summed E-state index contributed by atoms with van der Waals surface area (Å²) in [6.45, 7) is 0. The van der Waals surface area contributed by atoms with Gasteiger partial charge in [-0.1, -0.05) is 0 Å². The number of imidazole rings is 2. The molecule has 20 heavy (non-hydrogen) atoms. The van der Waals surface area contributed by atoms with Crippen LogP contribution in [0.3, 0.4) is 0 Å². The largest absolute Gasteiger partial charge is 0.331 e. The predicted molar refractivity (Wildman–Crippen MR) is 74.9 cm³/mol. The first kappa shape index (κ1) is 11.2. The Balaban J connectivity index is 2.03. The maximum absolute atomic E-state index is 9.02. The van der Waals surface area contributed by atoms with E-state index in [1.54, 1.807) is 6.33 Å². The molecular weight excluding hydrogens is 250 g/mol. The predicted octanol–water partition coefficient (Wildman–Crippen LogP) is 2.64. The molecule has 0 amide bonds. The van der Waals surface area contributed by atoms with Crippen LogP contribution in [0.4, 0.5) is 0 Å². The zero-order valence-electron chi connectivity index (χ0n) is 11.1. The number of aryl methyl sites for hydroxylation is 1. The van der Waals surface area contributed by atoms with Crippen LogP contribution in [0.1, 0.15) is 24.4 Å². The highest BCUT2D eigenvalue weighted by atomic mass is 15.2. The number of hydrogen-bond acceptors (Lipinski definition) is 3. The van der Waals surface area contributed by atoms with Crippen LogP contribution in [0.2, 0.25) is 0 Å². The molecule has 0 bridgehead atoms. The van der Waals surface area contributed by atoms with Crippen molar-refractivity contribution in [1.29, 1.82) is 5.26 Å². The van der Waals surface area contributed by atoms with E-state index < -0.39 is 0 Å². The van der Waals surface area contributed by atoms with Gasteiger partial charge in [-0.05, 0) is 31.0 Å². The van der Waals surface area contributed by atoms with Gasteiger partial charge in [-0.3, -0.25) is 0 Å². The molecule has 4 rings (SSSR count). The Morgan fingerprint density at radius 2 is 2.20 bits per heavy atom. The number of nitrogens with zero attached hydrogens (tertiary/aromatic N) is 5. The van der Waals surface area contributed by atoms with Gasteiger partial charge in [-0.2, -0.15) is 5.26 Å². The number of aromatic nitrogens is 4. The fourth-order valence-electron chi connectivity index (χ4n) is 2.62. The van der Waals surface area contributed by atoms with Crippen molar-refractivity contribution in [1.82, 2.24) is 19.1 Å². The molecule has 0 spiro atoms. The van der Waals surface area contributed by atoms with E-state index >= 15 is 0 Å². The third-order valence-electron chi connectivity index (χ3n) is 3.78. The van der Waals surface area contributed by atoms with Crippen molar-refractivity contribution < 1.29 is 0 Å². The maximum atomic E-state index is 9.02. The number of fused-ring (bicyclic) bond motifs is 1. The monoisotopic (exact) mass is 263 g/mol. The van der Waals surface area contributed by atoms with Crippen LogP contribution in [0.25, 0.3) is 22.6 Å². The second kappa shape index (κ2) is 3.94. The molecule has 1 aliphatic carbocycles. The highest BCUT2D eigenvalue weighted by molar-refractivity contribution is 5.81. The van der Waals surface area contributed by atoms with Crippen LogP contribution in [0.5, 0.6) is 0 Å². The molecule has 1 aliphatic rings. The average molecular weight is 263 g/mol. The fourth-order valence-corrected chi connectivity index (χ4v) is 2.62. The SMILES string of the molecule is Cn1cncc1-c1nc2cc(C#N)ccc2n1C1CC1. The van der Waals surface area contributed by atoms with Gasteiger partial charge in [0.25, 0.3) is 0 Å². The Kier molecular flexibility index (Phi) is 2.21. The lowest BCUT2D eigenvalue weighted by molar-refractivity contribution is 0.764. The number of hydrogen-bond donors (Lipinski definition) is 0. The van der Waals surface area contributed by atoms with Gasteiger partial charge in [0.05, 0.1) is 35.2 Å². The van der Waals surface area contributed by atoms with Crippen LogP contribution in [-0.4, -0.2) is 19.1 Å². The normalized spacial score (nSPS) is 14.6. The van der Waals surface area contributed by atoms with Crippen LogP contribution < -0.4 is 0 Å². The van der Waals surface area contributed by atoms with Gasteiger partial charge in [0.15, 0.2) is 5.82 Å². The standard InChI is InChI=1S/C15H13N5/c1-19-9-17-8-14(19)15-18-12-6-10(7-16)2-5-13(12)20(15)11-3-4-11/h2,5-6,8-9,11H,3-4H2,1H3. The Morgan fingerprint density at radius 1 is 1.35 bits per heavy atom. The Labute approximate surface area is 116 Å². The second-order valence-corrected chi connectivity index (χ2v) is 5.24. The van der Waals surface area contributed by atoms with Crippen molar-refractivity contribution in [2.75, 3.05) is 0 Å². The van der Waals surface area contributed by atoms with Crippen LogP contribution in [0, 0.1) is 11.3 Å². The minimum absolute atomic E-state index is 0.526. The minimum Gasteiger partial charge on any atom is -0.331 e. The zero-order chi connectivity index (χ0) is 13.7. The van der Waals surface area contributed by atoms with Gasteiger partial charge in [0.1, 0.15) is 5.69 Å². The summed E-state index contributed by atoms with van der Waals surface area (Å²) in [4.78, 5) is 8.92. The van der Waals surface area contributed by atoms with Crippen molar-refractivity contribution in [3.05, 3.63) is 36.3 Å². The summed E-state index contributed by atoms with van der Waals surface area (Å²) in [6, 6.07) is 8.41. The maximum Gasteiger partial charge on any atom is 0.159 e. The highest BCUT2D eigenvalue weighted by Gasteiger charge is 2.29. The first-order chi connectivity index (χ1) is 9.78. The molecule has 2 heterocycles. The number of benzene rings is 1. The fraction of sp³-hybridized carbons (Fsp3) is 0.267. The van der Waals surface area contributed by atoms with Gasteiger partial charge in [-0.25, -0.2) is 9.97 Å². The van der Waals surface area contributed by atoms with E-state index in [0.717, 1.165) is 22.6 Å². The van der Waals surface area contributed by atoms with Crippen molar-refractivity contribution in [2.24, 2.45) is 7.05 Å². The van der Waals surface area contributed by atoms with Gasteiger partial charge < -0.3 is 9.13 Å². The summed E-state index contributed by atoms with van der Waals surface area (Å²) in [6.07, 6.45) is 6.00. The quantitative estimate of drug-likeness (QED) is 0.714. The summed E-state index contributed by atoms with van der Waals surface area (Å²) in [5.41, 5.74) is 3.64. The number of rotatable bonds is 2. The van der Waals surface area contributed by atoms with Gasteiger partial charge >= 0.3 is 0 Å². The van der Waals surface area contributed by atoms with E-state index in [4.69, 9.17) is 10.2 Å². The Bertz CT molecular complexity index is 845. The van der Waals surface area contributed by atoms with Crippen LogP contribution >= 0.6 is 0 Å². The van der Waals surface area contributed by atoms with E-state index in [0.29, 0.717) is 11.6 Å². The zero-order valence-corrected chi connectivity index (χ0v) is 11.1. The number of nitriles is 1. The molecule has 0 N–H and O–H groups in total. The molecule has 1 fully saturated rings. The summed E-state index contributed by atoms with van der Waals surface area (Å²) in [5, 5.41) is 9.02. The molecule has 5 nitrogen and oxygen atoms in total. The summed E-state index contributed by atoms with van der Waals surface area (Å²) >= 11 is 0. The average Bonchev–Trinajstić information content (AvgIpc) is 3.10. The van der Waals surface area contributed by atoms with Crippen molar-refractivity contribution in [3.63, 3.8) is 0 Å². The highest BCUT2D eigenvalue weighted by Crippen LogP contribution is 2.41. The van der Waals surface area contributed by atoms with E-state index in [1.165, 1.54) is 12.8 Å². The summed E-state index contributed by atoms with van der Waals surface area (Å²) in [5.74, 6) is 0.942. The molecular formula is C15H13N5. The first-order valence-corrected chi connectivity index (χ1v) is 6.66. The van der Waals surface area contributed by atoms with E-state index in [9.17, 15) is 0 Å². The molecule has 98 valence electrons. The Morgan fingerprint density at radius 3 is 2.85 bits per heavy atom. The Hall–Kier alpha value is -2.61. The summed E-state index contributed by atoms with van der Waals surface area (Å²) in [7, 11) is 1.97. The lowest BCUT2D eigenvalue weighted by Gasteiger charge is -2.07. The molecule has 1 saturated carbocycles. The van der Waals surface area contributed by atoms with Gasteiger partial charge in [-0.15, -0.1) is 0 Å². The van der Waals surface area contributed by atoms with Crippen LogP contribution in [-0.2, 0) is 7.05 Å². The van der Waals surface area contributed by atoms with Crippen molar-refractivity contribution >= 4 is 11.0 Å².